The predicted octanol–water partition coefficient (Wildman–Crippen LogP) is 1.93. The van der Waals surface area contributed by atoms with E-state index in [4.69, 9.17) is 5.73 Å². The maximum Gasteiger partial charge on any atom is 0.247 e. The van der Waals surface area contributed by atoms with Crippen LogP contribution in [-0.2, 0) is 15.1 Å². The van der Waals surface area contributed by atoms with Crippen molar-refractivity contribution in [3.05, 3.63) is 36.0 Å². The van der Waals surface area contributed by atoms with Crippen LogP contribution >= 0.6 is 0 Å². The van der Waals surface area contributed by atoms with Gasteiger partial charge in [0.05, 0.1) is 6.54 Å². The molecule has 7 heteroatoms. The number of primary amides is 1. The molecule has 0 spiro atoms. The molecule has 1 aliphatic heterocycles. The first-order chi connectivity index (χ1) is 14.5. The number of carbonyl (C=O) groups excluding carboxylic acids is 2. The molecule has 1 aromatic carbocycles. The van der Waals surface area contributed by atoms with Crippen molar-refractivity contribution in [2.75, 3.05) is 32.7 Å². The van der Waals surface area contributed by atoms with Crippen LogP contribution in [0.25, 0.3) is 10.9 Å². The second-order valence-electron chi connectivity index (χ2n) is 8.89. The summed E-state index contributed by atoms with van der Waals surface area (Å²) in [7, 11) is 0. The molecule has 2 aliphatic rings. The Morgan fingerprint density at radius 3 is 2.53 bits per heavy atom. The molecule has 1 aliphatic carbocycles. The summed E-state index contributed by atoms with van der Waals surface area (Å²) in [5.74, 6) is -0.740. The van der Waals surface area contributed by atoms with Crippen molar-refractivity contribution in [3.8, 4) is 0 Å². The summed E-state index contributed by atoms with van der Waals surface area (Å²) in [4.78, 5) is 33.2. The summed E-state index contributed by atoms with van der Waals surface area (Å²) in [6.45, 7) is 5.74. The number of nitrogens with zero attached hydrogens (tertiary/aromatic N) is 2. The molecule has 1 aromatic heterocycles. The monoisotopic (exact) mass is 411 g/mol. The molecule has 4 rings (SSSR count). The van der Waals surface area contributed by atoms with Gasteiger partial charge in [0.15, 0.2) is 0 Å². The second kappa shape index (κ2) is 8.78. The van der Waals surface area contributed by atoms with Gasteiger partial charge in [0.25, 0.3) is 0 Å². The number of nitrogens with one attached hydrogen (secondary N) is 2. The van der Waals surface area contributed by atoms with Gasteiger partial charge in [-0.25, -0.2) is 0 Å². The number of aromatic nitrogens is 1. The van der Waals surface area contributed by atoms with E-state index < -0.39 is 11.4 Å². The average molecular weight is 412 g/mol. The van der Waals surface area contributed by atoms with E-state index in [1.807, 2.05) is 24.3 Å². The summed E-state index contributed by atoms with van der Waals surface area (Å²) in [6, 6.07) is 8.42. The number of aromatic amines is 1. The van der Waals surface area contributed by atoms with Crippen LogP contribution in [0.2, 0.25) is 0 Å². The molecule has 30 heavy (non-hydrogen) atoms. The summed E-state index contributed by atoms with van der Waals surface area (Å²) >= 11 is 0. The predicted molar refractivity (Wildman–Crippen MR) is 118 cm³/mol. The van der Waals surface area contributed by atoms with Crippen LogP contribution in [0, 0.1) is 0 Å². The van der Waals surface area contributed by atoms with E-state index in [1.165, 1.54) is 32.1 Å². The number of para-hydroxylation sites is 1. The Hall–Kier alpha value is -2.38. The van der Waals surface area contributed by atoms with Crippen molar-refractivity contribution in [1.82, 2.24) is 20.1 Å². The Morgan fingerprint density at radius 1 is 1.13 bits per heavy atom. The summed E-state index contributed by atoms with van der Waals surface area (Å²) in [5.41, 5.74) is 6.09. The van der Waals surface area contributed by atoms with Crippen LogP contribution in [0.3, 0.4) is 0 Å². The minimum Gasteiger partial charge on any atom is -0.367 e. The number of hydrogen-bond donors (Lipinski definition) is 3. The smallest absolute Gasteiger partial charge is 0.247 e. The van der Waals surface area contributed by atoms with E-state index in [9.17, 15) is 9.59 Å². The van der Waals surface area contributed by atoms with Crippen LogP contribution in [0.15, 0.2) is 30.5 Å². The van der Waals surface area contributed by atoms with Gasteiger partial charge in [-0.05, 0) is 25.8 Å². The molecule has 1 saturated carbocycles. The van der Waals surface area contributed by atoms with E-state index >= 15 is 0 Å². The van der Waals surface area contributed by atoms with Crippen molar-refractivity contribution < 1.29 is 9.59 Å². The fraction of sp³-hybridized carbons (Fsp3) is 0.565. The lowest BCUT2D eigenvalue weighted by Gasteiger charge is -2.40. The third-order valence-electron chi connectivity index (χ3n) is 6.88. The van der Waals surface area contributed by atoms with Crippen LogP contribution in [0.4, 0.5) is 0 Å². The number of carbonyl (C=O) groups is 2. The van der Waals surface area contributed by atoms with E-state index in [-0.39, 0.29) is 12.5 Å². The maximum absolute atomic E-state index is 12.9. The molecule has 162 valence electrons. The maximum atomic E-state index is 12.9. The highest BCUT2D eigenvalue weighted by Gasteiger charge is 2.37. The topological polar surface area (TPSA) is 94.5 Å². The molecule has 1 unspecified atom stereocenters. The van der Waals surface area contributed by atoms with Crippen molar-refractivity contribution in [1.29, 1.82) is 0 Å². The molecular formula is C23H33N5O2. The van der Waals surface area contributed by atoms with Gasteiger partial charge in [-0.1, -0.05) is 37.5 Å². The number of piperazine rings is 1. The first-order valence-electron chi connectivity index (χ1n) is 11.1. The molecule has 1 saturated heterocycles. The number of benzene rings is 1. The Kier molecular flexibility index (Phi) is 6.11. The molecule has 7 nitrogen and oxygen atoms in total. The number of fused-ring (bicyclic) bond motifs is 1. The van der Waals surface area contributed by atoms with Gasteiger partial charge in [-0.3, -0.25) is 19.4 Å². The van der Waals surface area contributed by atoms with Crippen molar-refractivity contribution in [2.24, 2.45) is 5.73 Å². The lowest BCUT2D eigenvalue weighted by atomic mass is 9.90. The van der Waals surface area contributed by atoms with Crippen LogP contribution in [0.5, 0.6) is 0 Å². The van der Waals surface area contributed by atoms with E-state index in [0.29, 0.717) is 5.56 Å². The average Bonchev–Trinajstić information content (AvgIpc) is 3.19. The van der Waals surface area contributed by atoms with Gasteiger partial charge in [-0.2, -0.15) is 0 Å². The van der Waals surface area contributed by atoms with E-state index in [1.54, 1.807) is 13.1 Å². The van der Waals surface area contributed by atoms with E-state index in [0.717, 1.165) is 43.1 Å². The molecule has 2 aromatic rings. The largest absolute Gasteiger partial charge is 0.367 e. The zero-order valence-electron chi connectivity index (χ0n) is 17.8. The number of H-pyrrole nitrogens is 1. The number of amides is 2. The summed E-state index contributed by atoms with van der Waals surface area (Å²) < 4.78 is 0. The molecule has 2 heterocycles. The molecule has 0 bridgehead atoms. The van der Waals surface area contributed by atoms with E-state index in [2.05, 4.69) is 20.1 Å². The quantitative estimate of drug-likeness (QED) is 0.677. The number of rotatable bonds is 6. The van der Waals surface area contributed by atoms with Gasteiger partial charge in [-0.15, -0.1) is 0 Å². The Labute approximate surface area is 178 Å². The highest BCUT2D eigenvalue weighted by molar-refractivity contribution is 5.97. The van der Waals surface area contributed by atoms with Gasteiger partial charge < -0.3 is 16.0 Å². The highest BCUT2D eigenvalue weighted by atomic mass is 16.2. The summed E-state index contributed by atoms with van der Waals surface area (Å²) in [5, 5.41) is 3.81. The normalized spacial score (nSPS) is 21.4. The molecule has 0 radical (unpaired) electrons. The van der Waals surface area contributed by atoms with Crippen molar-refractivity contribution in [2.45, 2.75) is 50.6 Å². The van der Waals surface area contributed by atoms with Crippen LogP contribution in [-0.4, -0.2) is 65.4 Å². The molecule has 1 atom stereocenters. The van der Waals surface area contributed by atoms with Crippen LogP contribution in [0.1, 0.15) is 44.6 Å². The number of hydrogen-bond acceptors (Lipinski definition) is 4. The fourth-order valence-corrected chi connectivity index (χ4v) is 5.00. The third kappa shape index (κ3) is 4.23. The second-order valence-corrected chi connectivity index (χ2v) is 8.89. The zero-order chi connectivity index (χ0) is 21.1. The standard InChI is InChI=1S/C23H33N5O2/c1-23(22(24)30,19-15-25-20-10-6-5-9-18(19)20)26-21(29)16-27-11-13-28(14-12-27)17-7-3-2-4-8-17/h5-6,9-10,15,17,25H,2-4,7-8,11-14,16H2,1H3,(H2,24,30)(H,26,29). The van der Waals surface area contributed by atoms with Crippen LogP contribution < -0.4 is 11.1 Å². The third-order valence-corrected chi connectivity index (χ3v) is 6.88. The van der Waals surface area contributed by atoms with Gasteiger partial charge >= 0.3 is 0 Å². The first-order valence-corrected chi connectivity index (χ1v) is 11.1. The summed E-state index contributed by atoms with van der Waals surface area (Å²) in [6.07, 6.45) is 8.42. The lowest BCUT2D eigenvalue weighted by Crippen LogP contribution is -2.57. The Morgan fingerprint density at radius 2 is 1.83 bits per heavy atom. The molecule has 2 fully saturated rings. The SMILES string of the molecule is CC(NC(=O)CN1CCN(C2CCCCC2)CC1)(C(N)=O)c1c[nH]c2ccccc12. The molecular weight excluding hydrogens is 378 g/mol. The van der Waals surface area contributed by atoms with Crippen molar-refractivity contribution in [3.63, 3.8) is 0 Å². The van der Waals surface area contributed by atoms with Crippen molar-refractivity contribution >= 4 is 22.7 Å². The Bertz CT molecular complexity index is 896. The zero-order valence-corrected chi connectivity index (χ0v) is 17.8. The highest BCUT2D eigenvalue weighted by Crippen LogP contribution is 2.29. The van der Waals surface area contributed by atoms with Gasteiger partial charge in [0, 0.05) is 54.9 Å². The fourth-order valence-electron chi connectivity index (χ4n) is 5.00. The van der Waals surface area contributed by atoms with Gasteiger partial charge in [0.1, 0.15) is 5.54 Å². The lowest BCUT2D eigenvalue weighted by molar-refractivity contribution is -0.132. The minimum atomic E-state index is -1.26. The van der Waals surface area contributed by atoms with Gasteiger partial charge in [0.2, 0.25) is 11.8 Å². The minimum absolute atomic E-state index is 0.173. The Balaban J connectivity index is 1.38. The molecule has 2 amide bonds. The number of nitrogens with two attached hydrogens (primary N) is 1. The molecule has 4 N–H and O–H groups in total. The first kappa shape index (κ1) is 20.9.